The third-order valence-corrected chi connectivity index (χ3v) is 6.01. The second-order valence-electron chi connectivity index (χ2n) is 8.55. The fraction of sp³-hybridized carbons (Fsp3) is 0.214. The van der Waals surface area contributed by atoms with E-state index in [9.17, 15) is 9.59 Å². The Balaban J connectivity index is 1.74. The van der Waals surface area contributed by atoms with Crippen molar-refractivity contribution in [2.75, 3.05) is 10.2 Å². The minimum Gasteiger partial charge on any atom is -0.378 e. The molecular formula is C28H29N3O2. The summed E-state index contributed by atoms with van der Waals surface area (Å²) in [7, 11) is 0. The Labute approximate surface area is 195 Å². The minimum absolute atomic E-state index is 0.0109. The fourth-order valence-electron chi connectivity index (χ4n) is 4.57. The summed E-state index contributed by atoms with van der Waals surface area (Å²) in [6.45, 7) is 9.45. The van der Waals surface area contributed by atoms with Crippen LogP contribution >= 0.6 is 0 Å². The Kier molecular flexibility index (Phi) is 6.31. The lowest BCUT2D eigenvalue weighted by molar-refractivity contribution is -0.117. The number of fused-ring (bicyclic) bond motifs is 1. The quantitative estimate of drug-likeness (QED) is 0.531. The molecule has 0 bridgehead atoms. The van der Waals surface area contributed by atoms with Gasteiger partial charge in [-0.25, -0.2) is 0 Å². The number of amides is 2. The summed E-state index contributed by atoms with van der Waals surface area (Å²) >= 11 is 0. The van der Waals surface area contributed by atoms with Gasteiger partial charge in [-0.3, -0.25) is 9.59 Å². The van der Waals surface area contributed by atoms with Gasteiger partial charge in [-0.05, 0) is 59.9 Å². The van der Waals surface area contributed by atoms with E-state index in [4.69, 9.17) is 0 Å². The maximum Gasteiger partial charge on any atom is 0.224 e. The SMILES string of the molecule is C=C(N[C@@H]1C[C@H](C)N(C(C)=O)c2ccc(-c3cccc(NC(C)=O)c3)cc21)c1ccccc1. The molecule has 0 fully saturated rings. The topological polar surface area (TPSA) is 61.4 Å². The van der Waals surface area contributed by atoms with Gasteiger partial charge >= 0.3 is 0 Å². The van der Waals surface area contributed by atoms with Crippen molar-refractivity contribution < 1.29 is 9.59 Å². The van der Waals surface area contributed by atoms with Gasteiger partial charge in [0.05, 0.1) is 6.04 Å². The molecule has 2 amide bonds. The highest BCUT2D eigenvalue weighted by Gasteiger charge is 2.32. The van der Waals surface area contributed by atoms with Gasteiger partial charge in [-0.2, -0.15) is 0 Å². The van der Waals surface area contributed by atoms with E-state index in [0.717, 1.165) is 45.7 Å². The van der Waals surface area contributed by atoms with Crippen LogP contribution in [0.1, 0.15) is 44.4 Å². The number of rotatable bonds is 5. The molecule has 168 valence electrons. The van der Waals surface area contributed by atoms with Crippen LogP contribution in [0.25, 0.3) is 16.8 Å². The van der Waals surface area contributed by atoms with E-state index in [1.54, 1.807) is 6.92 Å². The minimum atomic E-state index is -0.104. The monoisotopic (exact) mass is 439 g/mol. The summed E-state index contributed by atoms with van der Waals surface area (Å²) in [6, 6.07) is 24.1. The number of carbonyl (C=O) groups is 2. The maximum atomic E-state index is 12.5. The Morgan fingerprint density at radius 2 is 1.67 bits per heavy atom. The highest BCUT2D eigenvalue weighted by molar-refractivity contribution is 5.94. The average molecular weight is 440 g/mol. The standard InChI is InChI=1S/C28H29N3O2/c1-18-15-27(29-19(2)22-9-6-5-7-10-22)26-17-24(13-14-28(26)31(18)21(4)33)23-11-8-12-25(16-23)30-20(3)32/h5-14,16-18,27,29H,2,15H2,1,3-4H3,(H,30,32)/t18-,27+/m0/s1. The van der Waals surface area contributed by atoms with Gasteiger partial charge in [0.1, 0.15) is 0 Å². The number of anilines is 2. The summed E-state index contributed by atoms with van der Waals surface area (Å²) in [4.78, 5) is 25.8. The highest BCUT2D eigenvalue weighted by atomic mass is 16.2. The first-order chi connectivity index (χ1) is 15.8. The molecule has 5 nitrogen and oxygen atoms in total. The number of nitrogens with zero attached hydrogens (tertiary/aromatic N) is 1. The first kappa shape index (κ1) is 22.3. The Morgan fingerprint density at radius 3 is 2.36 bits per heavy atom. The second kappa shape index (κ2) is 9.33. The zero-order chi connectivity index (χ0) is 23.5. The number of hydrogen-bond donors (Lipinski definition) is 2. The highest BCUT2D eigenvalue weighted by Crippen LogP contribution is 2.40. The molecule has 33 heavy (non-hydrogen) atoms. The molecule has 5 heteroatoms. The molecule has 0 aliphatic carbocycles. The van der Waals surface area contributed by atoms with Crippen LogP contribution < -0.4 is 15.5 Å². The molecule has 1 heterocycles. The van der Waals surface area contributed by atoms with Crippen molar-refractivity contribution in [3.05, 3.63) is 90.5 Å². The predicted molar refractivity (Wildman–Crippen MR) is 135 cm³/mol. The zero-order valence-electron chi connectivity index (χ0n) is 19.3. The molecule has 4 rings (SSSR count). The van der Waals surface area contributed by atoms with Gasteiger partial charge in [0, 0.05) is 37.0 Å². The molecule has 2 N–H and O–H groups in total. The van der Waals surface area contributed by atoms with Crippen molar-refractivity contribution in [1.29, 1.82) is 0 Å². The Bertz CT molecular complexity index is 1200. The molecule has 2 atom stereocenters. The third kappa shape index (κ3) is 4.82. The predicted octanol–water partition coefficient (Wildman–Crippen LogP) is 5.76. The van der Waals surface area contributed by atoms with Gasteiger partial charge in [-0.1, -0.05) is 55.1 Å². The number of nitrogens with one attached hydrogen (secondary N) is 2. The van der Waals surface area contributed by atoms with E-state index in [2.05, 4.69) is 30.2 Å². The Morgan fingerprint density at radius 1 is 0.939 bits per heavy atom. The number of carbonyl (C=O) groups excluding carboxylic acids is 2. The average Bonchev–Trinajstić information content (AvgIpc) is 2.79. The molecule has 3 aromatic rings. The van der Waals surface area contributed by atoms with Crippen LogP contribution in [0.3, 0.4) is 0 Å². The van der Waals surface area contributed by atoms with Crippen molar-refractivity contribution in [1.82, 2.24) is 5.32 Å². The molecule has 1 aliphatic heterocycles. The zero-order valence-corrected chi connectivity index (χ0v) is 19.3. The molecule has 0 saturated carbocycles. The summed E-state index contributed by atoms with van der Waals surface area (Å²) in [6.07, 6.45) is 0.772. The lowest BCUT2D eigenvalue weighted by atomic mass is 9.88. The van der Waals surface area contributed by atoms with E-state index in [1.807, 2.05) is 71.6 Å². The molecular weight excluding hydrogens is 410 g/mol. The molecule has 0 unspecified atom stereocenters. The third-order valence-electron chi connectivity index (χ3n) is 6.01. The first-order valence-electron chi connectivity index (χ1n) is 11.2. The Hall–Kier alpha value is -3.86. The smallest absolute Gasteiger partial charge is 0.224 e. The van der Waals surface area contributed by atoms with Crippen LogP contribution in [-0.2, 0) is 9.59 Å². The largest absolute Gasteiger partial charge is 0.378 e. The van der Waals surface area contributed by atoms with Gasteiger partial charge in [-0.15, -0.1) is 0 Å². The first-order valence-corrected chi connectivity index (χ1v) is 11.2. The van der Waals surface area contributed by atoms with Crippen molar-refractivity contribution in [2.24, 2.45) is 0 Å². The fourth-order valence-corrected chi connectivity index (χ4v) is 4.57. The van der Waals surface area contributed by atoms with E-state index >= 15 is 0 Å². The van der Waals surface area contributed by atoms with Gasteiger partial charge < -0.3 is 15.5 Å². The molecule has 1 aliphatic rings. The number of hydrogen-bond acceptors (Lipinski definition) is 3. The van der Waals surface area contributed by atoms with E-state index in [-0.39, 0.29) is 23.9 Å². The molecule has 0 aromatic heterocycles. The molecule has 0 saturated heterocycles. The van der Waals surface area contributed by atoms with Crippen molar-refractivity contribution >= 4 is 28.9 Å². The second-order valence-corrected chi connectivity index (χ2v) is 8.55. The summed E-state index contributed by atoms with van der Waals surface area (Å²) in [5, 5.41) is 6.45. The van der Waals surface area contributed by atoms with Crippen LogP contribution in [0.2, 0.25) is 0 Å². The van der Waals surface area contributed by atoms with Crippen LogP contribution in [0.5, 0.6) is 0 Å². The van der Waals surface area contributed by atoms with Crippen LogP contribution in [0, 0.1) is 0 Å². The summed E-state index contributed by atoms with van der Waals surface area (Å²) in [5.41, 5.74) is 6.65. The summed E-state index contributed by atoms with van der Waals surface area (Å²) in [5.74, 6) is -0.0724. The van der Waals surface area contributed by atoms with Crippen molar-refractivity contribution in [3.8, 4) is 11.1 Å². The van der Waals surface area contributed by atoms with Gasteiger partial charge in [0.25, 0.3) is 0 Å². The lowest BCUT2D eigenvalue weighted by Crippen LogP contribution is -2.44. The molecule has 0 spiro atoms. The van der Waals surface area contributed by atoms with E-state index in [0.29, 0.717) is 0 Å². The van der Waals surface area contributed by atoms with Gasteiger partial charge in [0.15, 0.2) is 0 Å². The van der Waals surface area contributed by atoms with Crippen molar-refractivity contribution in [3.63, 3.8) is 0 Å². The normalized spacial score (nSPS) is 17.1. The molecule has 0 radical (unpaired) electrons. The number of benzene rings is 3. The van der Waals surface area contributed by atoms with Crippen molar-refractivity contribution in [2.45, 2.75) is 39.3 Å². The maximum absolute atomic E-state index is 12.5. The van der Waals surface area contributed by atoms with Crippen LogP contribution in [0.15, 0.2) is 79.4 Å². The van der Waals surface area contributed by atoms with Gasteiger partial charge in [0.2, 0.25) is 11.8 Å². The lowest BCUT2D eigenvalue weighted by Gasteiger charge is -2.40. The van der Waals surface area contributed by atoms with E-state index in [1.165, 1.54) is 6.92 Å². The summed E-state index contributed by atoms with van der Waals surface area (Å²) < 4.78 is 0. The molecule has 3 aromatic carbocycles. The van der Waals surface area contributed by atoms with Crippen LogP contribution in [-0.4, -0.2) is 17.9 Å². The van der Waals surface area contributed by atoms with E-state index < -0.39 is 0 Å². The van der Waals surface area contributed by atoms with Crippen LogP contribution in [0.4, 0.5) is 11.4 Å².